The van der Waals surface area contributed by atoms with Crippen LogP contribution in [0.1, 0.15) is 173 Å². The van der Waals surface area contributed by atoms with Gasteiger partial charge in [0, 0.05) is 112 Å². The van der Waals surface area contributed by atoms with Crippen molar-refractivity contribution in [2.24, 2.45) is 14.1 Å². The summed E-state index contributed by atoms with van der Waals surface area (Å²) >= 11 is 17.5. The van der Waals surface area contributed by atoms with Gasteiger partial charge in [-0.1, -0.05) is 34.8 Å². The van der Waals surface area contributed by atoms with Crippen LogP contribution in [0.25, 0.3) is 0 Å². The summed E-state index contributed by atoms with van der Waals surface area (Å²) in [5.74, 6) is -14.1. The second-order valence-electron chi connectivity index (χ2n) is 24.1. The summed E-state index contributed by atoms with van der Waals surface area (Å²) in [5, 5.41) is 82.5. The molecule has 0 atom stereocenters. The van der Waals surface area contributed by atoms with Crippen LogP contribution in [0.15, 0.2) is 33.6 Å². The van der Waals surface area contributed by atoms with Crippen LogP contribution in [0.5, 0.6) is 40.2 Å². The molecule has 36 nitrogen and oxygen atoms in total. The SMILES string of the molecule is CCOCn1c(C)c(F)c(O)c(C(=O)NC)c1=O.CCn1c(C)c(Cl)c(O)c(C(=O)NC)c1=O.CCn1c(C)c(F)c(O)c(C(=O)NC)c1=O.CNC(=O)c1c(O)c(Cl)c(C)n(C(C)C)c1=O.CNC(=O)c1c(O)c(Cl)c(C)n(C)c1=O.CNC(=O)c1c(O)c(F)c(C)n(C(C)C)c1=O.CNC(=O)c1c(O)c(F)c(C)n(C)c1=O. The summed E-state index contributed by atoms with van der Waals surface area (Å²) in [6, 6.07) is -0.454. The molecular formula is C71H93Cl3F4N14O22. The number of amides is 7. The van der Waals surface area contributed by atoms with E-state index in [9.17, 15) is 120 Å². The number of ether oxygens (including phenoxy) is 1. The van der Waals surface area contributed by atoms with Gasteiger partial charge in [0.05, 0.1) is 22.8 Å². The maximum Gasteiger partial charge on any atom is 0.269 e. The van der Waals surface area contributed by atoms with Crippen LogP contribution in [-0.4, -0.2) is 165 Å². The third kappa shape index (κ3) is 21.4. The minimum Gasteiger partial charge on any atom is -0.505 e. The van der Waals surface area contributed by atoms with Crippen LogP contribution < -0.4 is 76.1 Å². The summed E-state index contributed by atoms with van der Waals surface area (Å²) in [7, 11) is 12.1. The van der Waals surface area contributed by atoms with Gasteiger partial charge in [-0.15, -0.1) is 0 Å². The predicted octanol–water partition coefficient (Wildman–Crippen LogP) is 4.34. The zero-order chi connectivity index (χ0) is 88.9. The first kappa shape index (κ1) is 100. The summed E-state index contributed by atoms with van der Waals surface area (Å²) < 4.78 is 67.4. The Labute approximate surface area is 662 Å². The maximum atomic E-state index is 13.7. The molecule has 0 aromatic carbocycles. The fourth-order valence-electron chi connectivity index (χ4n) is 10.2. The molecule has 7 heterocycles. The lowest BCUT2D eigenvalue weighted by molar-refractivity contribution is 0.0816. The highest BCUT2D eigenvalue weighted by atomic mass is 35.5. The number of hydrogen-bond donors (Lipinski definition) is 14. The van der Waals surface area contributed by atoms with Crippen LogP contribution >= 0.6 is 34.8 Å². The molecule has 0 radical (unpaired) electrons. The van der Waals surface area contributed by atoms with Gasteiger partial charge in [0.2, 0.25) is 0 Å². The molecule has 43 heteroatoms. The van der Waals surface area contributed by atoms with Gasteiger partial charge in [-0.2, -0.15) is 0 Å². The van der Waals surface area contributed by atoms with Crippen LogP contribution in [-0.2, 0) is 38.7 Å². The van der Waals surface area contributed by atoms with Gasteiger partial charge in [0.15, 0.2) is 63.5 Å². The van der Waals surface area contributed by atoms with E-state index >= 15 is 0 Å². The number of carbonyl (C=O) groups is 7. The molecule has 0 aliphatic rings. The number of aromatic nitrogens is 7. The monoisotopic (exact) mass is 1670 g/mol. The topological polar surface area (TPSA) is 509 Å². The Morgan fingerprint density at radius 3 is 0.860 bits per heavy atom. The van der Waals surface area contributed by atoms with Crippen molar-refractivity contribution >= 4 is 76.2 Å². The summed E-state index contributed by atoms with van der Waals surface area (Å²) in [4.78, 5) is 163. The molecule has 7 aromatic heterocycles. The van der Waals surface area contributed by atoms with E-state index in [1.165, 1.54) is 105 Å². The van der Waals surface area contributed by atoms with E-state index < -0.39 is 166 Å². The molecule has 0 fully saturated rings. The highest BCUT2D eigenvalue weighted by Gasteiger charge is 2.30. The number of carbonyl (C=O) groups excluding carboxylic acids is 7. The van der Waals surface area contributed by atoms with Gasteiger partial charge in [-0.05, 0) is 96.9 Å². The highest BCUT2D eigenvalue weighted by molar-refractivity contribution is 6.34. The van der Waals surface area contributed by atoms with Gasteiger partial charge < -0.3 is 105 Å². The summed E-state index contributed by atoms with van der Waals surface area (Å²) in [6.45, 7) is 23.1. The van der Waals surface area contributed by atoms with Crippen LogP contribution in [0.2, 0.25) is 15.1 Å². The molecule has 628 valence electrons. The largest absolute Gasteiger partial charge is 0.505 e. The van der Waals surface area contributed by atoms with Crippen molar-refractivity contribution in [2.45, 2.75) is 129 Å². The molecule has 14 N–H and O–H groups in total. The maximum absolute atomic E-state index is 13.7. The molecule has 114 heavy (non-hydrogen) atoms. The zero-order valence-electron chi connectivity index (χ0n) is 66.5. The third-order valence-corrected chi connectivity index (χ3v) is 18.2. The lowest BCUT2D eigenvalue weighted by Crippen LogP contribution is -2.34. The first-order valence-corrected chi connectivity index (χ1v) is 34.9. The number of halogens is 7. The lowest BCUT2D eigenvalue weighted by Gasteiger charge is -2.17. The second-order valence-corrected chi connectivity index (χ2v) is 25.3. The van der Waals surface area contributed by atoms with Crippen molar-refractivity contribution in [3.05, 3.63) is 190 Å². The van der Waals surface area contributed by atoms with E-state index in [-0.39, 0.29) is 79.9 Å². The number of hydrogen-bond acceptors (Lipinski definition) is 22. The van der Waals surface area contributed by atoms with Gasteiger partial charge in [-0.25, -0.2) is 17.6 Å². The van der Waals surface area contributed by atoms with E-state index in [1.54, 1.807) is 69.2 Å². The normalized spacial score (nSPS) is 10.4. The Balaban J connectivity index is 0.000000666. The molecule has 0 saturated heterocycles. The van der Waals surface area contributed by atoms with Crippen LogP contribution in [0.4, 0.5) is 17.6 Å². The minimum atomic E-state index is -1.01. The van der Waals surface area contributed by atoms with E-state index in [4.69, 9.17) is 39.5 Å². The standard InChI is InChI=1S/C11H15ClN2O3.C11H15FN2O4.C11H15FN2O3.C10H13ClN2O3.C10H13FN2O3.C9H11ClN2O3.C9H11FN2O3/c1-5(2)14-6(3)8(12)9(15)7(11(14)17)10(16)13-4;1-4-18-5-14-6(2)8(12)9(15)7(11(14)17)10(16)13-3;1-5(2)14-6(3)8(12)9(15)7(11(14)17)10(16)13-4;2*1-4-13-5(2)7(11)8(14)6(10(13)16)9(15)12-3;2*1-4-6(10)7(13)5(8(14)11-2)9(15)12(4)3/h5,15H,1-4H3,(H,13,16);15H,4-5H2,1-3H3,(H,13,16);5,15H,1-4H3,(H,13,16);2*14H,4H2,1-3H3,(H,12,15);2*13H,1-3H3,(H,11,14). The van der Waals surface area contributed by atoms with Crippen molar-refractivity contribution < 1.29 is 91.6 Å². The summed E-state index contributed by atoms with van der Waals surface area (Å²) in [6.07, 6.45) is 0. The van der Waals surface area contributed by atoms with Crippen molar-refractivity contribution in [1.29, 1.82) is 0 Å². The average Bonchev–Trinajstić information content (AvgIpc) is 0.848. The number of rotatable bonds is 14. The molecule has 7 rings (SSSR count). The Kier molecular flexibility index (Phi) is 37.9. The molecule has 0 unspecified atom stereocenters. The smallest absolute Gasteiger partial charge is 0.269 e. The summed E-state index contributed by atoms with van der Waals surface area (Å²) in [5.41, 5.74) is -6.68. The number of nitrogens with zero attached hydrogens (tertiary/aromatic N) is 7. The molecule has 0 saturated carbocycles. The Morgan fingerprint density at radius 2 is 0.553 bits per heavy atom. The number of nitrogens with one attached hydrogen (secondary N) is 7. The van der Waals surface area contributed by atoms with Crippen LogP contribution in [0.3, 0.4) is 0 Å². The van der Waals surface area contributed by atoms with E-state index in [0.29, 0.717) is 30.2 Å². The van der Waals surface area contributed by atoms with Crippen molar-refractivity contribution in [3.8, 4) is 40.2 Å². The first-order valence-electron chi connectivity index (χ1n) is 33.7. The highest BCUT2D eigenvalue weighted by Crippen LogP contribution is 2.32. The van der Waals surface area contributed by atoms with Gasteiger partial charge in [0.1, 0.15) is 60.7 Å². The molecule has 0 spiro atoms. The zero-order valence-corrected chi connectivity index (χ0v) is 68.8. The fourth-order valence-corrected chi connectivity index (χ4v) is 10.8. The Bertz CT molecular complexity index is 5060. The van der Waals surface area contributed by atoms with Crippen LogP contribution in [0, 0.1) is 71.7 Å². The fraction of sp³-hybridized carbons (Fsp3) is 0.408. The van der Waals surface area contributed by atoms with Gasteiger partial charge in [0.25, 0.3) is 80.3 Å². The molecule has 7 aromatic rings. The molecule has 0 aliphatic carbocycles. The molecule has 0 bridgehead atoms. The number of pyridine rings is 7. The Morgan fingerprint density at radius 1 is 0.333 bits per heavy atom. The number of aromatic hydroxyl groups is 7. The van der Waals surface area contributed by atoms with E-state index in [0.717, 1.165) is 18.3 Å². The van der Waals surface area contributed by atoms with Gasteiger partial charge >= 0.3 is 0 Å². The van der Waals surface area contributed by atoms with Crippen molar-refractivity contribution in [2.75, 3.05) is 55.9 Å². The van der Waals surface area contributed by atoms with Crippen molar-refractivity contribution in [3.63, 3.8) is 0 Å². The van der Waals surface area contributed by atoms with Gasteiger partial charge in [-0.3, -0.25) is 71.7 Å². The van der Waals surface area contributed by atoms with Crippen molar-refractivity contribution in [1.82, 2.24) is 69.2 Å². The molecular weight excluding hydrogens is 1580 g/mol. The van der Waals surface area contributed by atoms with E-state index in [1.807, 2.05) is 0 Å². The first-order chi connectivity index (χ1) is 52.8. The second kappa shape index (κ2) is 43.2. The quantitative estimate of drug-likeness (QED) is 0.0673. The minimum absolute atomic E-state index is 0.00940. The predicted molar refractivity (Wildman–Crippen MR) is 414 cm³/mol. The van der Waals surface area contributed by atoms with E-state index in [2.05, 4.69) is 37.2 Å². The molecule has 0 aliphatic heterocycles. The molecule has 7 amide bonds. The Hall–Kier alpha value is -11.9. The average molecular weight is 1680 g/mol. The lowest BCUT2D eigenvalue weighted by atomic mass is 10.1. The third-order valence-electron chi connectivity index (χ3n) is 16.8.